The lowest BCUT2D eigenvalue weighted by atomic mass is 10.1. The van der Waals surface area contributed by atoms with Gasteiger partial charge >= 0.3 is 0 Å². The number of carbonyl (C=O) groups is 3. The molecule has 0 unspecified atom stereocenters. The third-order valence-corrected chi connectivity index (χ3v) is 6.55. The van der Waals surface area contributed by atoms with Crippen LogP contribution in [0.2, 0.25) is 0 Å². The van der Waals surface area contributed by atoms with Crippen molar-refractivity contribution in [2.24, 2.45) is 9.98 Å². The minimum atomic E-state index is -0.836. The second-order valence-corrected chi connectivity index (χ2v) is 9.13. The van der Waals surface area contributed by atoms with Gasteiger partial charge in [0.15, 0.2) is 5.17 Å². The van der Waals surface area contributed by atoms with Crippen molar-refractivity contribution in [2.45, 2.75) is 45.3 Å². The molecule has 0 saturated heterocycles. The molecule has 2 N–H and O–H groups in total. The maximum Gasteiger partial charge on any atom is 0.259 e. The molecule has 9 heteroatoms. The van der Waals surface area contributed by atoms with Gasteiger partial charge in [0.25, 0.3) is 5.91 Å². The number of hydrogen-bond donors (Lipinski definition) is 2. The van der Waals surface area contributed by atoms with Crippen LogP contribution in [-0.2, 0) is 20.9 Å². The molecular formula is C25H27N5O3S. The molecule has 4 rings (SSSR count). The van der Waals surface area contributed by atoms with Crippen LogP contribution in [-0.4, -0.2) is 51.5 Å². The quantitative estimate of drug-likeness (QED) is 0.610. The van der Waals surface area contributed by atoms with E-state index in [1.54, 1.807) is 0 Å². The summed E-state index contributed by atoms with van der Waals surface area (Å²) in [4.78, 5) is 48.8. The Kier molecular flexibility index (Phi) is 7.42. The minimum Gasteiger partial charge on any atom is -0.353 e. The Morgan fingerprint density at radius 3 is 2.59 bits per heavy atom. The van der Waals surface area contributed by atoms with E-state index in [9.17, 15) is 14.4 Å². The summed E-state index contributed by atoms with van der Waals surface area (Å²) >= 11 is 1.19. The van der Waals surface area contributed by atoms with E-state index in [1.165, 1.54) is 16.7 Å². The van der Waals surface area contributed by atoms with Gasteiger partial charge in [-0.1, -0.05) is 61.2 Å². The van der Waals surface area contributed by atoms with Gasteiger partial charge in [-0.05, 0) is 31.0 Å². The van der Waals surface area contributed by atoms with Crippen molar-refractivity contribution in [2.75, 3.05) is 5.75 Å². The summed E-state index contributed by atoms with van der Waals surface area (Å²) in [7, 11) is 0. The van der Waals surface area contributed by atoms with E-state index in [4.69, 9.17) is 0 Å². The van der Waals surface area contributed by atoms with Crippen LogP contribution in [0.5, 0.6) is 0 Å². The number of fused-ring (bicyclic) bond motifs is 3. The Bertz CT molecular complexity index is 1150. The van der Waals surface area contributed by atoms with Gasteiger partial charge in [0.1, 0.15) is 11.9 Å². The average molecular weight is 478 g/mol. The van der Waals surface area contributed by atoms with E-state index in [2.05, 4.69) is 20.6 Å². The zero-order chi connectivity index (χ0) is 24.1. The van der Waals surface area contributed by atoms with Crippen LogP contribution < -0.4 is 10.6 Å². The number of hydrogen-bond acceptors (Lipinski definition) is 6. The molecule has 2 atom stereocenters. The molecule has 0 aromatic heterocycles. The maximum atomic E-state index is 13.3. The van der Waals surface area contributed by atoms with Crippen LogP contribution in [0.1, 0.15) is 37.8 Å². The number of aliphatic imine (C=N–C) groups is 2. The average Bonchev–Trinajstić information content (AvgIpc) is 3.18. The predicted octanol–water partition coefficient (Wildman–Crippen LogP) is 3.00. The molecule has 0 radical (unpaired) electrons. The Morgan fingerprint density at radius 2 is 1.82 bits per heavy atom. The molecule has 0 saturated carbocycles. The second-order valence-electron chi connectivity index (χ2n) is 8.19. The van der Waals surface area contributed by atoms with E-state index in [0.29, 0.717) is 23.2 Å². The highest BCUT2D eigenvalue weighted by atomic mass is 32.2. The molecule has 0 bridgehead atoms. The van der Waals surface area contributed by atoms with Crippen molar-refractivity contribution >= 4 is 46.2 Å². The van der Waals surface area contributed by atoms with Gasteiger partial charge in [-0.25, -0.2) is 9.89 Å². The van der Waals surface area contributed by atoms with Crippen LogP contribution in [0.25, 0.3) is 0 Å². The fraction of sp³-hybridized carbons (Fsp3) is 0.320. The van der Waals surface area contributed by atoms with Gasteiger partial charge in [0.2, 0.25) is 11.8 Å². The molecule has 2 aliphatic heterocycles. The SMILES string of the molecule is CC[C@@H](C)NC(=O)CSC1=Nc2ccccc2C2=N[C@@H](CC(=O)NCc3ccccc3)C(=O)N12. The molecular weight excluding hydrogens is 450 g/mol. The number of para-hydroxylation sites is 1. The van der Waals surface area contributed by atoms with Crippen LogP contribution in [0.15, 0.2) is 64.6 Å². The largest absolute Gasteiger partial charge is 0.353 e. The highest BCUT2D eigenvalue weighted by Gasteiger charge is 2.42. The van der Waals surface area contributed by atoms with Crippen molar-refractivity contribution in [3.8, 4) is 0 Å². The lowest BCUT2D eigenvalue weighted by Gasteiger charge is -2.25. The zero-order valence-electron chi connectivity index (χ0n) is 19.2. The number of thioether (sulfide) groups is 1. The minimum absolute atomic E-state index is 0.0553. The maximum absolute atomic E-state index is 13.3. The van der Waals surface area contributed by atoms with Gasteiger partial charge in [0, 0.05) is 18.2 Å². The van der Waals surface area contributed by atoms with Gasteiger partial charge < -0.3 is 10.6 Å². The second kappa shape index (κ2) is 10.6. The first-order valence-electron chi connectivity index (χ1n) is 11.3. The van der Waals surface area contributed by atoms with Gasteiger partial charge in [-0.3, -0.25) is 19.4 Å². The van der Waals surface area contributed by atoms with Crippen molar-refractivity contribution in [1.82, 2.24) is 15.5 Å². The van der Waals surface area contributed by atoms with Gasteiger partial charge in [-0.15, -0.1) is 0 Å². The van der Waals surface area contributed by atoms with Crippen molar-refractivity contribution in [1.29, 1.82) is 0 Å². The summed E-state index contributed by atoms with van der Waals surface area (Å²) in [6.07, 6.45) is 0.778. The van der Waals surface area contributed by atoms with E-state index < -0.39 is 6.04 Å². The number of benzene rings is 2. The fourth-order valence-corrected chi connectivity index (χ4v) is 4.44. The summed E-state index contributed by atoms with van der Waals surface area (Å²) in [6.45, 7) is 4.33. The third-order valence-electron chi connectivity index (χ3n) is 5.61. The Hall–Kier alpha value is -3.46. The smallest absolute Gasteiger partial charge is 0.259 e. The Labute approximate surface area is 202 Å². The van der Waals surface area contributed by atoms with E-state index in [-0.39, 0.29) is 35.9 Å². The highest BCUT2D eigenvalue weighted by molar-refractivity contribution is 8.14. The monoisotopic (exact) mass is 477 g/mol. The molecule has 8 nitrogen and oxygen atoms in total. The zero-order valence-corrected chi connectivity index (χ0v) is 20.0. The number of amides is 3. The number of carbonyl (C=O) groups excluding carboxylic acids is 3. The first-order chi connectivity index (χ1) is 16.5. The van der Waals surface area contributed by atoms with Gasteiger partial charge in [0.05, 0.1) is 17.9 Å². The molecule has 2 aromatic carbocycles. The number of rotatable bonds is 8. The predicted molar refractivity (Wildman–Crippen MR) is 134 cm³/mol. The molecule has 34 heavy (non-hydrogen) atoms. The molecule has 0 aliphatic carbocycles. The summed E-state index contributed by atoms with van der Waals surface area (Å²) in [5.41, 5.74) is 2.40. The molecule has 0 spiro atoms. The lowest BCUT2D eigenvalue weighted by molar-refractivity contribution is -0.128. The normalized spacial score (nSPS) is 17.3. The summed E-state index contributed by atoms with van der Waals surface area (Å²) in [5, 5.41) is 6.17. The molecule has 3 amide bonds. The number of nitrogens with zero attached hydrogens (tertiary/aromatic N) is 3. The number of amidine groups is 2. The summed E-state index contributed by atoms with van der Waals surface area (Å²) in [5.74, 6) is -0.0826. The molecule has 2 aromatic rings. The standard InChI is InChI=1S/C25H27N5O3S/c1-3-16(2)27-22(32)15-34-25-29-19-12-8-7-11-18(19)23-28-20(24(33)30(23)25)13-21(31)26-14-17-9-5-4-6-10-17/h4-12,16,20H,3,13-15H2,1-2H3,(H,26,31)(H,27,32)/t16-,20+/m1/s1. The molecule has 0 fully saturated rings. The van der Waals surface area contributed by atoms with Crippen molar-refractivity contribution in [3.05, 3.63) is 65.7 Å². The van der Waals surface area contributed by atoms with E-state index in [1.807, 2.05) is 68.4 Å². The summed E-state index contributed by atoms with van der Waals surface area (Å²) in [6, 6.07) is 16.2. The first kappa shape index (κ1) is 23.7. The van der Waals surface area contributed by atoms with Crippen LogP contribution in [0, 0.1) is 0 Å². The van der Waals surface area contributed by atoms with Crippen LogP contribution in [0.4, 0.5) is 5.69 Å². The Morgan fingerprint density at radius 1 is 1.09 bits per heavy atom. The molecule has 176 valence electrons. The lowest BCUT2D eigenvalue weighted by Crippen LogP contribution is -2.42. The summed E-state index contributed by atoms with van der Waals surface area (Å²) < 4.78 is 0. The first-order valence-corrected chi connectivity index (χ1v) is 12.3. The third kappa shape index (κ3) is 5.36. The van der Waals surface area contributed by atoms with Gasteiger partial charge in [-0.2, -0.15) is 0 Å². The molecule has 2 aliphatic rings. The topological polar surface area (TPSA) is 103 Å². The van der Waals surface area contributed by atoms with Crippen LogP contribution >= 0.6 is 11.8 Å². The van der Waals surface area contributed by atoms with Crippen LogP contribution in [0.3, 0.4) is 0 Å². The van der Waals surface area contributed by atoms with E-state index >= 15 is 0 Å². The fourth-order valence-electron chi connectivity index (χ4n) is 3.62. The Balaban J connectivity index is 1.47. The highest BCUT2D eigenvalue weighted by Crippen LogP contribution is 2.34. The van der Waals surface area contributed by atoms with Crippen molar-refractivity contribution < 1.29 is 14.4 Å². The van der Waals surface area contributed by atoms with E-state index in [0.717, 1.165) is 17.5 Å². The molecule has 2 heterocycles. The van der Waals surface area contributed by atoms with Crippen molar-refractivity contribution in [3.63, 3.8) is 0 Å². The number of nitrogens with one attached hydrogen (secondary N) is 2.